The van der Waals surface area contributed by atoms with Crippen LogP contribution in [0.1, 0.15) is 23.9 Å². The molecular formula is C15H16N4. The van der Waals surface area contributed by atoms with Gasteiger partial charge in [-0.05, 0) is 25.3 Å². The minimum Gasteiger partial charge on any atom is -0.244 e. The Balaban J connectivity index is 2.16. The zero-order valence-electron chi connectivity index (χ0n) is 11.0. The first-order valence-corrected chi connectivity index (χ1v) is 6.21. The number of nitrogens with zero attached hydrogens (tertiary/aromatic N) is 4. The van der Waals surface area contributed by atoms with Crippen molar-refractivity contribution < 1.29 is 0 Å². The van der Waals surface area contributed by atoms with Crippen molar-refractivity contribution in [1.29, 1.82) is 5.26 Å². The highest BCUT2D eigenvalue weighted by atomic mass is 15.4. The second kappa shape index (κ2) is 5.96. The lowest BCUT2D eigenvalue weighted by Crippen LogP contribution is -2.07. The normalized spacial score (nSPS) is 10.1. The summed E-state index contributed by atoms with van der Waals surface area (Å²) in [5.41, 5.74) is 3.54. The summed E-state index contributed by atoms with van der Waals surface area (Å²) in [7, 11) is 0. The predicted molar refractivity (Wildman–Crippen MR) is 73.4 cm³/mol. The fourth-order valence-electron chi connectivity index (χ4n) is 1.96. The van der Waals surface area contributed by atoms with Crippen molar-refractivity contribution in [2.75, 3.05) is 0 Å². The van der Waals surface area contributed by atoms with Gasteiger partial charge in [-0.25, -0.2) is 4.68 Å². The maximum absolute atomic E-state index is 9.07. The van der Waals surface area contributed by atoms with Crippen LogP contribution in [0.4, 0.5) is 0 Å². The fraction of sp³-hybridized carbons (Fsp3) is 0.267. The van der Waals surface area contributed by atoms with Gasteiger partial charge in [0, 0.05) is 0 Å². The first kappa shape index (κ1) is 13.0. The van der Waals surface area contributed by atoms with Gasteiger partial charge in [-0.2, -0.15) is 5.26 Å². The molecule has 0 N–H and O–H groups in total. The first-order valence-electron chi connectivity index (χ1n) is 6.21. The molecule has 0 unspecified atom stereocenters. The van der Waals surface area contributed by atoms with E-state index >= 15 is 0 Å². The molecule has 1 aromatic carbocycles. The molecule has 0 saturated carbocycles. The molecule has 0 aliphatic heterocycles. The Morgan fingerprint density at radius 2 is 2.05 bits per heavy atom. The van der Waals surface area contributed by atoms with Gasteiger partial charge in [-0.3, -0.25) is 0 Å². The van der Waals surface area contributed by atoms with Gasteiger partial charge in [-0.15, -0.1) is 5.10 Å². The number of aromatic nitrogens is 3. The molecule has 0 amide bonds. The van der Waals surface area contributed by atoms with Crippen LogP contribution in [0.3, 0.4) is 0 Å². The lowest BCUT2D eigenvalue weighted by atomic mass is 10.1. The molecule has 0 radical (unpaired) electrons. The van der Waals surface area contributed by atoms with Crippen LogP contribution >= 0.6 is 0 Å². The van der Waals surface area contributed by atoms with Gasteiger partial charge in [0.1, 0.15) is 6.07 Å². The first-order chi connectivity index (χ1) is 9.20. The predicted octanol–water partition coefficient (Wildman–Crippen LogP) is 2.51. The molecule has 0 bridgehead atoms. The maximum atomic E-state index is 9.07. The molecular weight excluding hydrogens is 236 g/mol. The SMILES string of the molecule is C=C(C)Cn1nnc(C#N)c1CCc1ccccc1. The van der Waals surface area contributed by atoms with Crippen LogP contribution in [0, 0.1) is 11.3 Å². The van der Waals surface area contributed by atoms with Crippen LogP contribution in [0.5, 0.6) is 0 Å². The van der Waals surface area contributed by atoms with E-state index in [2.05, 4.69) is 35.1 Å². The summed E-state index contributed by atoms with van der Waals surface area (Å²) in [5.74, 6) is 0. The number of hydrogen-bond acceptors (Lipinski definition) is 3. The van der Waals surface area contributed by atoms with Crippen molar-refractivity contribution in [2.45, 2.75) is 26.3 Å². The van der Waals surface area contributed by atoms with Crippen LogP contribution in [0.25, 0.3) is 0 Å². The molecule has 0 saturated heterocycles. The zero-order valence-corrected chi connectivity index (χ0v) is 11.0. The van der Waals surface area contributed by atoms with E-state index in [1.807, 2.05) is 25.1 Å². The topological polar surface area (TPSA) is 54.5 Å². The van der Waals surface area contributed by atoms with Crippen LogP contribution in [0.2, 0.25) is 0 Å². The number of benzene rings is 1. The third-order valence-corrected chi connectivity index (χ3v) is 2.86. The van der Waals surface area contributed by atoms with Gasteiger partial charge in [0.05, 0.1) is 12.2 Å². The Morgan fingerprint density at radius 3 is 2.68 bits per heavy atom. The van der Waals surface area contributed by atoms with E-state index in [4.69, 9.17) is 5.26 Å². The average Bonchev–Trinajstić information content (AvgIpc) is 2.79. The number of rotatable bonds is 5. The summed E-state index contributed by atoms with van der Waals surface area (Å²) in [6, 6.07) is 12.3. The zero-order chi connectivity index (χ0) is 13.7. The van der Waals surface area contributed by atoms with Gasteiger partial charge in [0.2, 0.25) is 0 Å². The third kappa shape index (κ3) is 3.29. The minimum atomic E-state index is 0.414. The van der Waals surface area contributed by atoms with Crippen LogP contribution in [0.15, 0.2) is 42.5 Å². The molecule has 0 aliphatic carbocycles. The Kier molecular flexibility index (Phi) is 4.09. The Labute approximate surface area is 113 Å². The Morgan fingerprint density at radius 1 is 1.32 bits per heavy atom. The number of aryl methyl sites for hydroxylation is 1. The smallest absolute Gasteiger partial charge is 0.185 e. The second-order valence-electron chi connectivity index (χ2n) is 4.60. The summed E-state index contributed by atoms with van der Waals surface area (Å²) in [6.07, 6.45) is 1.63. The molecule has 1 heterocycles. The van der Waals surface area contributed by atoms with E-state index in [-0.39, 0.29) is 0 Å². The quantitative estimate of drug-likeness (QED) is 0.768. The summed E-state index contributed by atoms with van der Waals surface area (Å²) in [6.45, 7) is 6.42. The molecule has 0 atom stereocenters. The highest BCUT2D eigenvalue weighted by molar-refractivity contribution is 5.26. The molecule has 19 heavy (non-hydrogen) atoms. The molecule has 0 spiro atoms. The third-order valence-electron chi connectivity index (χ3n) is 2.86. The van der Waals surface area contributed by atoms with Crippen molar-refractivity contribution >= 4 is 0 Å². The number of allylic oxidation sites excluding steroid dienone is 1. The summed E-state index contributed by atoms with van der Waals surface area (Å²) < 4.78 is 1.77. The van der Waals surface area contributed by atoms with E-state index in [1.165, 1.54) is 5.56 Å². The largest absolute Gasteiger partial charge is 0.244 e. The lowest BCUT2D eigenvalue weighted by Gasteiger charge is -2.06. The standard InChI is InChI=1S/C15H16N4/c1-12(2)11-19-15(14(10-16)17-18-19)9-8-13-6-4-3-5-7-13/h3-7H,1,8-9,11H2,2H3. The van der Waals surface area contributed by atoms with Gasteiger partial charge in [-0.1, -0.05) is 47.7 Å². The van der Waals surface area contributed by atoms with Crippen molar-refractivity contribution in [2.24, 2.45) is 0 Å². The molecule has 2 aromatic rings. The van der Waals surface area contributed by atoms with Gasteiger partial charge in [0.15, 0.2) is 5.69 Å². The van der Waals surface area contributed by atoms with Crippen LogP contribution in [-0.2, 0) is 19.4 Å². The van der Waals surface area contributed by atoms with E-state index in [1.54, 1.807) is 4.68 Å². The minimum absolute atomic E-state index is 0.414. The van der Waals surface area contributed by atoms with Crippen molar-refractivity contribution in [3.63, 3.8) is 0 Å². The molecule has 96 valence electrons. The van der Waals surface area contributed by atoms with Crippen molar-refractivity contribution in [3.8, 4) is 6.07 Å². The highest BCUT2D eigenvalue weighted by Crippen LogP contribution is 2.11. The Hall–Kier alpha value is -2.41. The summed E-state index contributed by atoms with van der Waals surface area (Å²) in [5, 5.41) is 17.0. The second-order valence-corrected chi connectivity index (χ2v) is 4.60. The monoisotopic (exact) mass is 252 g/mol. The van der Waals surface area contributed by atoms with Crippen molar-refractivity contribution in [1.82, 2.24) is 15.0 Å². The van der Waals surface area contributed by atoms with Gasteiger partial charge in [0.25, 0.3) is 0 Å². The molecule has 4 heteroatoms. The molecule has 1 aromatic heterocycles. The van der Waals surface area contributed by atoms with Crippen molar-refractivity contribution in [3.05, 3.63) is 59.4 Å². The van der Waals surface area contributed by atoms with E-state index in [0.717, 1.165) is 24.1 Å². The van der Waals surface area contributed by atoms with Gasteiger partial charge >= 0.3 is 0 Å². The number of nitriles is 1. The summed E-state index contributed by atoms with van der Waals surface area (Å²) >= 11 is 0. The molecule has 4 nitrogen and oxygen atoms in total. The molecule has 0 fully saturated rings. The fourth-order valence-corrected chi connectivity index (χ4v) is 1.96. The van der Waals surface area contributed by atoms with Crippen LogP contribution < -0.4 is 0 Å². The molecule has 2 rings (SSSR count). The van der Waals surface area contributed by atoms with Gasteiger partial charge < -0.3 is 0 Å². The van der Waals surface area contributed by atoms with E-state index < -0.39 is 0 Å². The summed E-state index contributed by atoms with van der Waals surface area (Å²) in [4.78, 5) is 0. The molecule has 0 aliphatic rings. The number of hydrogen-bond donors (Lipinski definition) is 0. The average molecular weight is 252 g/mol. The van der Waals surface area contributed by atoms with Crippen LogP contribution in [-0.4, -0.2) is 15.0 Å². The lowest BCUT2D eigenvalue weighted by molar-refractivity contribution is 0.610. The highest BCUT2D eigenvalue weighted by Gasteiger charge is 2.12. The van der Waals surface area contributed by atoms with E-state index in [0.29, 0.717) is 12.2 Å². The van der Waals surface area contributed by atoms with E-state index in [9.17, 15) is 0 Å². The Bertz CT molecular complexity index is 605. The maximum Gasteiger partial charge on any atom is 0.185 e.